The number of aliphatic imine (C=N–C) groups is 1. The smallest absolute Gasteiger partial charge is 0.231 e. The molecule has 126 valence electrons. The van der Waals surface area contributed by atoms with Gasteiger partial charge in [-0.2, -0.15) is 0 Å². The van der Waals surface area contributed by atoms with Crippen LogP contribution in [0.4, 0.5) is 0 Å². The zero-order valence-electron chi connectivity index (χ0n) is 13.3. The van der Waals surface area contributed by atoms with Gasteiger partial charge in [-0.1, -0.05) is 0 Å². The van der Waals surface area contributed by atoms with E-state index in [4.69, 9.17) is 14.2 Å². The summed E-state index contributed by atoms with van der Waals surface area (Å²) in [6.45, 7) is 5.58. The Hall–Kier alpha value is -2.15. The van der Waals surface area contributed by atoms with Gasteiger partial charge in [-0.3, -0.25) is 0 Å². The van der Waals surface area contributed by atoms with Gasteiger partial charge in [0.25, 0.3) is 0 Å². The molecule has 2 heterocycles. The van der Waals surface area contributed by atoms with Gasteiger partial charge in [0, 0.05) is 25.7 Å². The van der Waals surface area contributed by atoms with E-state index in [-0.39, 0.29) is 12.9 Å². The number of guanidine groups is 1. The molecule has 7 nitrogen and oxygen atoms in total. The maximum Gasteiger partial charge on any atom is 0.231 e. The van der Waals surface area contributed by atoms with Crippen LogP contribution in [0.1, 0.15) is 13.3 Å². The Kier molecular flexibility index (Phi) is 5.07. The van der Waals surface area contributed by atoms with Gasteiger partial charge in [-0.05, 0) is 25.5 Å². The minimum absolute atomic E-state index is 0.260. The molecule has 0 unspecified atom stereocenters. The molecular formula is C16H23N3O4. The topological polar surface area (TPSA) is 75.6 Å². The van der Waals surface area contributed by atoms with E-state index in [0.717, 1.165) is 37.0 Å². The summed E-state index contributed by atoms with van der Waals surface area (Å²) in [5.41, 5.74) is 0. The number of fused-ring (bicyclic) bond motifs is 1. The molecule has 0 saturated carbocycles. The highest BCUT2D eigenvalue weighted by atomic mass is 16.7. The summed E-state index contributed by atoms with van der Waals surface area (Å²) < 4.78 is 16.3. The highest BCUT2D eigenvalue weighted by Gasteiger charge is 2.22. The van der Waals surface area contributed by atoms with Gasteiger partial charge < -0.3 is 29.5 Å². The highest BCUT2D eigenvalue weighted by Crippen LogP contribution is 2.34. The number of aliphatic hydroxyl groups excluding tert-OH is 1. The summed E-state index contributed by atoms with van der Waals surface area (Å²) in [7, 11) is 0. The number of hydrogen-bond donors (Lipinski definition) is 2. The standard InChI is InChI=1S/C16H23N3O4/c1-2-17-16(19-7-5-12(20)10-19)18-6-8-21-13-3-4-14-15(9-13)23-11-22-14/h3-4,9,12,20H,2,5-8,10-11H2,1H3,(H,17,18)/t12-/m1/s1. The Morgan fingerprint density at radius 3 is 3.09 bits per heavy atom. The largest absolute Gasteiger partial charge is 0.492 e. The second-order valence-corrected chi connectivity index (χ2v) is 5.49. The second-order valence-electron chi connectivity index (χ2n) is 5.49. The van der Waals surface area contributed by atoms with E-state index in [9.17, 15) is 5.11 Å². The second kappa shape index (κ2) is 7.41. The van der Waals surface area contributed by atoms with Crippen molar-refractivity contribution >= 4 is 5.96 Å². The average Bonchev–Trinajstić information content (AvgIpc) is 3.18. The summed E-state index contributed by atoms with van der Waals surface area (Å²) >= 11 is 0. The normalized spacial score (nSPS) is 20.0. The average molecular weight is 321 g/mol. The quantitative estimate of drug-likeness (QED) is 0.475. The van der Waals surface area contributed by atoms with E-state index in [1.807, 2.05) is 25.1 Å². The van der Waals surface area contributed by atoms with Crippen molar-refractivity contribution < 1.29 is 19.3 Å². The Morgan fingerprint density at radius 1 is 1.43 bits per heavy atom. The fourth-order valence-electron chi connectivity index (χ4n) is 2.64. The third-order valence-electron chi connectivity index (χ3n) is 3.76. The lowest BCUT2D eigenvalue weighted by molar-refractivity contribution is 0.173. The predicted octanol–water partition coefficient (Wildman–Crippen LogP) is 0.826. The van der Waals surface area contributed by atoms with E-state index in [1.54, 1.807) is 0 Å². The van der Waals surface area contributed by atoms with Crippen LogP contribution in [0.2, 0.25) is 0 Å². The molecule has 7 heteroatoms. The van der Waals surface area contributed by atoms with Gasteiger partial charge >= 0.3 is 0 Å². The molecule has 2 N–H and O–H groups in total. The molecule has 0 bridgehead atoms. The van der Waals surface area contributed by atoms with E-state index < -0.39 is 0 Å². The molecule has 1 fully saturated rings. The monoisotopic (exact) mass is 321 g/mol. The Labute approximate surface area is 135 Å². The van der Waals surface area contributed by atoms with E-state index in [0.29, 0.717) is 25.4 Å². The summed E-state index contributed by atoms with van der Waals surface area (Å²) in [6, 6.07) is 5.53. The van der Waals surface area contributed by atoms with Crippen molar-refractivity contribution in [3.05, 3.63) is 18.2 Å². The highest BCUT2D eigenvalue weighted by molar-refractivity contribution is 5.80. The molecule has 0 aliphatic carbocycles. The van der Waals surface area contributed by atoms with Crippen molar-refractivity contribution in [3.8, 4) is 17.2 Å². The zero-order chi connectivity index (χ0) is 16.1. The Bertz CT molecular complexity index is 564. The molecule has 1 aromatic rings. The van der Waals surface area contributed by atoms with Crippen molar-refractivity contribution in [2.24, 2.45) is 4.99 Å². The van der Waals surface area contributed by atoms with Gasteiger partial charge in [-0.15, -0.1) is 0 Å². The number of nitrogens with one attached hydrogen (secondary N) is 1. The number of benzene rings is 1. The lowest BCUT2D eigenvalue weighted by atomic mass is 10.3. The molecule has 0 aromatic heterocycles. The molecule has 2 aliphatic rings. The van der Waals surface area contributed by atoms with Crippen LogP contribution in [0.5, 0.6) is 17.2 Å². The van der Waals surface area contributed by atoms with Gasteiger partial charge in [0.1, 0.15) is 12.4 Å². The number of β-amino-alcohol motifs (C(OH)–C–C–N with tert-alkyl or cyclic N) is 1. The lowest BCUT2D eigenvalue weighted by Crippen LogP contribution is -2.40. The molecule has 0 amide bonds. The first kappa shape index (κ1) is 15.7. The SMILES string of the molecule is CCNC(=NCCOc1ccc2c(c1)OCO2)N1CC[C@@H](O)C1. The minimum atomic E-state index is -0.260. The molecule has 2 aliphatic heterocycles. The number of aliphatic hydroxyl groups is 1. The van der Waals surface area contributed by atoms with Gasteiger partial charge in [-0.25, -0.2) is 4.99 Å². The minimum Gasteiger partial charge on any atom is -0.492 e. The van der Waals surface area contributed by atoms with Crippen LogP contribution in [-0.2, 0) is 0 Å². The van der Waals surface area contributed by atoms with Crippen LogP contribution in [0.25, 0.3) is 0 Å². The molecule has 0 spiro atoms. The molecule has 1 aromatic carbocycles. The molecule has 1 atom stereocenters. The first-order valence-corrected chi connectivity index (χ1v) is 8.00. The van der Waals surface area contributed by atoms with Crippen LogP contribution < -0.4 is 19.5 Å². The zero-order valence-corrected chi connectivity index (χ0v) is 13.3. The van der Waals surface area contributed by atoms with Crippen LogP contribution in [0.15, 0.2) is 23.2 Å². The van der Waals surface area contributed by atoms with Crippen LogP contribution in [-0.4, -0.2) is 61.6 Å². The summed E-state index contributed by atoms with van der Waals surface area (Å²) in [4.78, 5) is 6.63. The summed E-state index contributed by atoms with van der Waals surface area (Å²) in [5.74, 6) is 3.03. The van der Waals surface area contributed by atoms with Crippen molar-refractivity contribution in [2.75, 3.05) is 39.6 Å². The molecular weight excluding hydrogens is 298 g/mol. The van der Waals surface area contributed by atoms with E-state index in [1.165, 1.54) is 0 Å². The number of rotatable bonds is 5. The lowest BCUT2D eigenvalue weighted by Gasteiger charge is -2.20. The number of hydrogen-bond acceptors (Lipinski definition) is 5. The summed E-state index contributed by atoms with van der Waals surface area (Å²) in [6.07, 6.45) is 0.529. The maximum absolute atomic E-state index is 9.64. The van der Waals surface area contributed by atoms with Crippen LogP contribution in [0, 0.1) is 0 Å². The molecule has 3 rings (SSSR count). The van der Waals surface area contributed by atoms with Gasteiger partial charge in [0.2, 0.25) is 6.79 Å². The first-order valence-electron chi connectivity index (χ1n) is 8.00. The number of ether oxygens (including phenoxy) is 3. The van der Waals surface area contributed by atoms with E-state index >= 15 is 0 Å². The Morgan fingerprint density at radius 2 is 2.30 bits per heavy atom. The molecule has 23 heavy (non-hydrogen) atoms. The third-order valence-corrected chi connectivity index (χ3v) is 3.76. The summed E-state index contributed by atoms with van der Waals surface area (Å²) in [5, 5.41) is 12.9. The van der Waals surface area contributed by atoms with Crippen molar-refractivity contribution in [1.29, 1.82) is 0 Å². The fourth-order valence-corrected chi connectivity index (χ4v) is 2.64. The maximum atomic E-state index is 9.64. The van der Waals surface area contributed by atoms with Crippen molar-refractivity contribution in [3.63, 3.8) is 0 Å². The Balaban J connectivity index is 1.50. The van der Waals surface area contributed by atoms with Gasteiger partial charge in [0.05, 0.1) is 12.6 Å². The van der Waals surface area contributed by atoms with E-state index in [2.05, 4.69) is 15.2 Å². The van der Waals surface area contributed by atoms with Crippen molar-refractivity contribution in [1.82, 2.24) is 10.2 Å². The third kappa shape index (κ3) is 3.98. The first-order chi connectivity index (χ1) is 11.3. The molecule has 0 radical (unpaired) electrons. The number of nitrogens with zero attached hydrogens (tertiary/aromatic N) is 2. The van der Waals surface area contributed by atoms with Crippen LogP contribution >= 0.6 is 0 Å². The fraction of sp³-hybridized carbons (Fsp3) is 0.562. The predicted molar refractivity (Wildman–Crippen MR) is 86.2 cm³/mol. The van der Waals surface area contributed by atoms with Gasteiger partial charge in [0.15, 0.2) is 17.5 Å². The molecule has 1 saturated heterocycles. The van der Waals surface area contributed by atoms with Crippen molar-refractivity contribution in [2.45, 2.75) is 19.4 Å². The number of likely N-dealkylation sites (tertiary alicyclic amines) is 1. The van der Waals surface area contributed by atoms with Crippen LogP contribution in [0.3, 0.4) is 0 Å².